The number of rotatable bonds is 4. The Kier molecular flexibility index (Phi) is 5.84. The molecule has 1 amide bonds. The molecule has 1 heterocycles. The summed E-state index contributed by atoms with van der Waals surface area (Å²) in [5.41, 5.74) is -0.638. The second-order valence-corrected chi connectivity index (χ2v) is 4.42. The zero-order valence-electron chi connectivity index (χ0n) is 10.6. The maximum atomic E-state index is 13.1. The molecule has 1 atom stereocenters. The number of benzene rings is 1. The van der Waals surface area contributed by atoms with Crippen LogP contribution in [0, 0.1) is 15.9 Å². The van der Waals surface area contributed by atoms with Gasteiger partial charge >= 0.3 is 0 Å². The number of halogens is 2. The van der Waals surface area contributed by atoms with E-state index in [4.69, 9.17) is 0 Å². The van der Waals surface area contributed by atoms with Crippen molar-refractivity contribution in [2.24, 2.45) is 0 Å². The second kappa shape index (κ2) is 7.16. The van der Waals surface area contributed by atoms with Crippen LogP contribution in [0.15, 0.2) is 18.2 Å². The Labute approximate surface area is 121 Å². The molecule has 6 nitrogen and oxygen atoms in total. The normalized spacial score (nSPS) is 17.4. The van der Waals surface area contributed by atoms with Gasteiger partial charge in [-0.15, -0.1) is 12.4 Å². The maximum absolute atomic E-state index is 13.1. The molecule has 1 unspecified atom stereocenters. The van der Waals surface area contributed by atoms with E-state index in [-0.39, 0.29) is 24.0 Å². The minimum absolute atomic E-state index is 0. The molecule has 1 saturated heterocycles. The van der Waals surface area contributed by atoms with Crippen LogP contribution in [-0.4, -0.2) is 30.0 Å². The lowest BCUT2D eigenvalue weighted by atomic mass is 10.1. The standard InChI is InChI=1S/C12H14FN3O3.ClH/c13-8-3-4-11(16(18)19)10(6-8)12(17)15-7-9-2-1-5-14-9;/h3-4,6,9,14H,1-2,5,7H2,(H,15,17);1H. The molecule has 0 aliphatic carbocycles. The fourth-order valence-corrected chi connectivity index (χ4v) is 2.09. The zero-order chi connectivity index (χ0) is 13.8. The predicted molar refractivity (Wildman–Crippen MR) is 73.7 cm³/mol. The molecule has 8 heteroatoms. The van der Waals surface area contributed by atoms with Crippen molar-refractivity contribution in [3.05, 3.63) is 39.7 Å². The SMILES string of the molecule is Cl.O=C(NCC1CCCN1)c1cc(F)ccc1[N+](=O)[O-]. The van der Waals surface area contributed by atoms with Crippen LogP contribution in [0.2, 0.25) is 0 Å². The minimum atomic E-state index is -0.692. The summed E-state index contributed by atoms with van der Waals surface area (Å²) >= 11 is 0. The van der Waals surface area contributed by atoms with E-state index in [1.54, 1.807) is 0 Å². The first-order valence-corrected chi connectivity index (χ1v) is 6.03. The Bertz CT molecular complexity index is 507. The highest BCUT2D eigenvalue weighted by molar-refractivity contribution is 5.98. The first-order valence-electron chi connectivity index (χ1n) is 6.03. The smallest absolute Gasteiger partial charge is 0.282 e. The van der Waals surface area contributed by atoms with Gasteiger partial charge in [-0.2, -0.15) is 0 Å². The van der Waals surface area contributed by atoms with Gasteiger partial charge in [0.1, 0.15) is 11.4 Å². The van der Waals surface area contributed by atoms with Crippen LogP contribution in [0.4, 0.5) is 10.1 Å². The Balaban J connectivity index is 0.00000200. The third kappa shape index (κ3) is 3.88. The van der Waals surface area contributed by atoms with Gasteiger partial charge < -0.3 is 10.6 Å². The fourth-order valence-electron chi connectivity index (χ4n) is 2.09. The Hall–Kier alpha value is -1.73. The third-order valence-electron chi connectivity index (χ3n) is 3.07. The highest BCUT2D eigenvalue weighted by Gasteiger charge is 2.22. The van der Waals surface area contributed by atoms with E-state index in [1.165, 1.54) is 0 Å². The van der Waals surface area contributed by atoms with Crippen molar-refractivity contribution in [1.29, 1.82) is 0 Å². The number of amides is 1. The summed E-state index contributed by atoms with van der Waals surface area (Å²) in [5.74, 6) is -1.30. The highest BCUT2D eigenvalue weighted by atomic mass is 35.5. The Morgan fingerprint density at radius 3 is 2.90 bits per heavy atom. The van der Waals surface area contributed by atoms with E-state index >= 15 is 0 Å². The molecule has 0 aromatic heterocycles. The van der Waals surface area contributed by atoms with Gasteiger partial charge in [0.15, 0.2) is 0 Å². The van der Waals surface area contributed by atoms with Crippen LogP contribution in [-0.2, 0) is 0 Å². The second-order valence-electron chi connectivity index (χ2n) is 4.42. The molecule has 1 aliphatic heterocycles. The number of hydrogen-bond donors (Lipinski definition) is 2. The molecule has 0 radical (unpaired) electrons. The third-order valence-corrected chi connectivity index (χ3v) is 3.07. The molecule has 0 saturated carbocycles. The highest BCUT2D eigenvalue weighted by Crippen LogP contribution is 2.19. The van der Waals surface area contributed by atoms with Crippen molar-refractivity contribution >= 4 is 24.0 Å². The summed E-state index contributed by atoms with van der Waals surface area (Å²) in [6.45, 7) is 1.28. The molecule has 20 heavy (non-hydrogen) atoms. The molecule has 1 aliphatic rings. The lowest BCUT2D eigenvalue weighted by Gasteiger charge is -2.11. The van der Waals surface area contributed by atoms with Gasteiger partial charge in [0.2, 0.25) is 0 Å². The summed E-state index contributed by atoms with van der Waals surface area (Å²) in [4.78, 5) is 22.0. The Morgan fingerprint density at radius 2 is 2.30 bits per heavy atom. The molecule has 1 fully saturated rings. The molecular formula is C12H15ClFN3O3. The van der Waals surface area contributed by atoms with Crippen LogP contribution in [0.25, 0.3) is 0 Å². The average molecular weight is 304 g/mol. The van der Waals surface area contributed by atoms with Crippen LogP contribution in [0.1, 0.15) is 23.2 Å². The van der Waals surface area contributed by atoms with Crippen molar-refractivity contribution in [2.75, 3.05) is 13.1 Å². The summed E-state index contributed by atoms with van der Waals surface area (Å²) in [7, 11) is 0. The molecule has 1 aromatic rings. The van der Waals surface area contributed by atoms with Crippen LogP contribution in [0.5, 0.6) is 0 Å². The first-order chi connectivity index (χ1) is 9.08. The van der Waals surface area contributed by atoms with Crippen molar-refractivity contribution in [2.45, 2.75) is 18.9 Å². The van der Waals surface area contributed by atoms with Crippen LogP contribution < -0.4 is 10.6 Å². The molecule has 0 bridgehead atoms. The van der Waals surface area contributed by atoms with Gasteiger partial charge in [-0.3, -0.25) is 14.9 Å². The topological polar surface area (TPSA) is 84.3 Å². The van der Waals surface area contributed by atoms with Crippen molar-refractivity contribution in [1.82, 2.24) is 10.6 Å². The van der Waals surface area contributed by atoms with E-state index in [1.807, 2.05) is 0 Å². The van der Waals surface area contributed by atoms with Gasteiger partial charge in [-0.25, -0.2) is 4.39 Å². The van der Waals surface area contributed by atoms with Crippen molar-refractivity contribution in [3.8, 4) is 0 Å². The lowest BCUT2D eigenvalue weighted by Crippen LogP contribution is -2.37. The first kappa shape index (κ1) is 16.3. The van der Waals surface area contributed by atoms with Gasteiger partial charge in [-0.05, 0) is 31.5 Å². The van der Waals surface area contributed by atoms with E-state index < -0.39 is 22.3 Å². The van der Waals surface area contributed by atoms with Crippen molar-refractivity contribution < 1.29 is 14.1 Å². The van der Waals surface area contributed by atoms with E-state index in [2.05, 4.69) is 10.6 Å². The molecule has 1 aromatic carbocycles. The number of nitrogens with one attached hydrogen (secondary N) is 2. The molecule has 110 valence electrons. The summed E-state index contributed by atoms with van der Waals surface area (Å²) in [6, 6.07) is 3.03. The molecular weight excluding hydrogens is 289 g/mol. The van der Waals surface area contributed by atoms with E-state index in [0.717, 1.165) is 37.6 Å². The number of carbonyl (C=O) groups excluding carboxylic acids is 1. The number of carbonyl (C=O) groups is 1. The number of nitrogens with zero attached hydrogens (tertiary/aromatic N) is 1. The summed E-state index contributed by atoms with van der Waals surface area (Å²) in [6.07, 6.45) is 1.99. The monoisotopic (exact) mass is 303 g/mol. The van der Waals surface area contributed by atoms with Gasteiger partial charge in [0, 0.05) is 18.7 Å². The number of nitro benzene ring substituents is 1. The van der Waals surface area contributed by atoms with Crippen molar-refractivity contribution in [3.63, 3.8) is 0 Å². The average Bonchev–Trinajstić information content (AvgIpc) is 2.88. The van der Waals surface area contributed by atoms with Gasteiger partial charge in [0.25, 0.3) is 11.6 Å². The van der Waals surface area contributed by atoms with E-state index in [0.29, 0.717) is 6.54 Å². The lowest BCUT2D eigenvalue weighted by molar-refractivity contribution is -0.385. The van der Waals surface area contributed by atoms with Gasteiger partial charge in [0.05, 0.1) is 4.92 Å². The van der Waals surface area contributed by atoms with Crippen LogP contribution >= 0.6 is 12.4 Å². The van der Waals surface area contributed by atoms with Crippen LogP contribution in [0.3, 0.4) is 0 Å². The minimum Gasteiger partial charge on any atom is -0.350 e. The number of hydrogen-bond acceptors (Lipinski definition) is 4. The summed E-state index contributed by atoms with van der Waals surface area (Å²) < 4.78 is 13.1. The van der Waals surface area contributed by atoms with E-state index in [9.17, 15) is 19.3 Å². The molecule has 2 rings (SSSR count). The maximum Gasteiger partial charge on any atom is 0.282 e. The Morgan fingerprint density at radius 1 is 1.55 bits per heavy atom. The quantitative estimate of drug-likeness (QED) is 0.654. The molecule has 2 N–H and O–H groups in total. The number of nitro groups is 1. The summed E-state index contributed by atoms with van der Waals surface area (Å²) in [5, 5.41) is 16.6. The largest absolute Gasteiger partial charge is 0.350 e. The molecule has 0 spiro atoms. The fraction of sp³-hybridized carbons (Fsp3) is 0.417. The zero-order valence-corrected chi connectivity index (χ0v) is 11.4. The predicted octanol–water partition coefficient (Wildman–Crippen LogP) is 1.64. The van der Waals surface area contributed by atoms with Gasteiger partial charge in [-0.1, -0.05) is 0 Å².